The lowest BCUT2D eigenvalue weighted by atomic mass is 10.1. The van der Waals surface area contributed by atoms with Gasteiger partial charge < -0.3 is 14.5 Å². The minimum absolute atomic E-state index is 0.478. The monoisotopic (exact) mass is 247 g/mol. The van der Waals surface area contributed by atoms with Gasteiger partial charge in [-0.05, 0) is 24.1 Å². The van der Waals surface area contributed by atoms with E-state index in [4.69, 9.17) is 9.15 Å². The SMILES string of the molecule is COCCc1ccc2occ(CNC(C)C)c2c1. The molecule has 0 spiro atoms. The van der Waals surface area contributed by atoms with Crippen molar-refractivity contribution in [1.29, 1.82) is 0 Å². The fourth-order valence-corrected chi connectivity index (χ4v) is 1.96. The molecule has 0 fully saturated rings. The Kier molecular flexibility index (Phi) is 4.39. The van der Waals surface area contributed by atoms with Gasteiger partial charge in [-0.25, -0.2) is 0 Å². The summed E-state index contributed by atoms with van der Waals surface area (Å²) in [6.45, 7) is 5.89. The van der Waals surface area contributed by atoms with E-state index in [2.05, 4.69) is 31.3 Å². The van der Waals surface area contributed by atoms with Crippen LogP contribution >= 0.6 is 0 Å². The molecule has 1 N–H and O–H groups in total. The van der Waals surface area contributed by atoms with Gasteiger partial charge in [0.2, 0.25) is 0 Å². The smallest absolute Gasteiger partial charge is 0.134 e. The first kappa shape index (κ1) is 13.1. The Hall–Kier alpha value is -1.32. The van der Waals surface area contributed by atoms with Crippen LogP contribution < -0.4 is 5.32 Å². The Bertz CT molecular complexity index is 502. The van der Waals surface area contributed by atoms with Crippen LogP contribution in [0.15, 0.2) is 28.9 Å². The third-order valence-corrected chi connectivity index (χ3v) is 3.01. The summed E-state index contributed by atoms with van der Waals surface area (Å²) in [6, 6.07) is 6.82. The van der Waals surface area contributed by atoms with Gasteiger partial charge in [0.15, 0.2) is 0 Å². The van der Waals surface area contributed by atoms with Gasteiger partial charge >= 0.3 is 0 Å². The van der Waals surface area contributed by atoms with Gasteiger partial charge in [-0.1, -0.05) is 19.9 Å². The maximum Gasteiger partial charge on any atom is 0.134 e. The minimum Gasteiger partial charge on any atom is -0.464 e. The quantitative estimate of drug-likeness (QED) is 0.851. The summed E-state index contributed by atoms with van der Waals surface area (Å²) in [4.78, 5) is 0. The normalized spacial score (nSPS) is 11.6. The first-order chi connectivity index (χ1) is 8.70. The molecule has 0 unspecified atom stereocenters. The third kappa shape index (κ3) is 3.12. The molecule has 0 saturated heterocycles. The van der Waals surface area contributed by atoms with Crippen molar-refractivity contribution in [2.75, 3.05) is 13.7 Å². The maximum absolute atomic E-state index is 5.57. The number of hydrogen-bond donors (Lipinski definition) is 1. The summed E-state index contributed by atoms with van der Waals surface area (Å²) < 4.78 is 10.7. The zero-order valence-electron chi connectivity index (χ0n) is 11.3. The van der Waals surface area contributed by atoms with Crippen LogP contribution in [0.5, 0.6) is 0 Å². The average molecular weight is 247 g/mol. The van der Waals surface area contributed by atoms with E-state index in [-0.39, 0.29) is 0 Å². The predicted molar refractivity (Wildman–Crippen MR) is 73.8 cm³/mol. The van der Waals surface area contributed by atoms with Crippen molar-refractivity contribution in [2.24, 2.45) is 0 Å². The van der Waals surface area contributed by atoms with E-state index in [0.717, 1.165) is 25.2 Å². The Morgan fingerprint density at radius 1 is 1.33 bits per heavy atom. The molecule has 0 amide bonds. The largest absolute Gasteiger partial charge is 0.464 e. The molecule has 0 aliphatic rings. The molecule has 1 aromatic carbocycles. The molecule has 0 aliphatic carbocycles. The number of hydrogen-bond acceptors (Lipinski definition) is 3. The Labute approximate surface area is 108 Å². The van der Waals surface area contributed by atoms with Gasteiger partial charge in [-0.15, -0.1) is 0 Å². The number of furan rings is 1. The standard InChI is InChI=1S/C15H21NO2/c1-11(2)16-9-13-10-18-15-5-4-12(6-7-17-3)8-14(13)15/h4-5,8,10-11,16H,6-7,9H2,1-3H3. The molecule has 0 atom stereocenters. The summed E-state index contributed by atoms with van der Waals surface area (Å²) in [5.74, 6) is 0. The van der Waals surface area contributed by atoms with Gasteiger partial charge in [-0.2, -0.15) is 0 Å². The summed E-state index contributed by atoms with van der Waals surface area (Å²) in [7, 11) is 1.73. The molecule has 18 heavy (non-hydrogen) atoms. The van der Waals surface area contributed by atoms with Gasteiger partial charge in [0, 0.05) is 30.6 Å². The van der Waals surface area contributed by atoms with Gasteiger partial charge in [0.1, 0.15) is 5.58 Å². The number of fused-ring (bicyclic) bond motifs is 1. The van der Waals surface area contributed by atoms with Crippen molar-refractivity contribution in [3.8, 4) is 0 Å². The summed E-state index contributed by atoms with van der Waals surface area (Å²) in [5.41, 5.74) is 3.46. The van der Waals surface area contributed by atoms with Crippen molar-refractivity contribution in [1.82, 2.24) is 5.32 Å². The number of benzene rings is 1. The van der Waals surface area contributed by atoms with E-state index in [1.165, 1.54) is 16.5 Å². The summed E-state index contributed by atoms with van der Waals surface area (Å²) in [6.07, 6.45) is 2.79. The van der Waals surface area contributed by atoms with Crippen LogP contribution in [-0.2, 0) is 17.7 Å². The Morgan fingerprint density at radius 3 is 2.89 bits per heavy atom. The molecular formula is C15H21NO2. The zero-order valence-corrected chi connectivity index (χ0v) is 11.3. The van der Waals surface area contributed by atoms with Crippen molar-refractivity contribution in [3.63, 3.8) is 0 Å². The van der Waals surface area contributed by atoms with E-state index in [1.54, 1.807) is 7.11 Å². The predicted octanol–water partition coefficient (Wildman–Crippen LogP) is 3.12. The highest BCUT2D eigenvalue weighted by Gasteiger charge is 2.07. The molecule has 0 bridgehead atoms. The fraction of sp³-hybridized carbons (Fsp3) is 0.467. The van der Waals surface area contributed by atoms with E-state index in [0.29, 0.717) is 6.04 Å². The van der Waals surface area contributed by atoms with Crippen LogP contribution in [0.25, 0.3) is 11.0 Å². The lowest BCUT2D eigenvalue weighted by Gasteiger charge is -2.06. The van der Waals surface area contributed by atoms with Crippen LogP contribution in [0.1, 0.15) is 25.0 Å². The molecule has 1 heterocycles. The maximum atomic E-state index is 5.57. The van der Waals surface area contributed by atoms with Gasteiger partial charge in [0.25, 0.3) is 0 Å². The summed E-state index contributed by atoms with van der Waals surface area (Å²) >= 11 is 0. The lowest BCUT2D eigenvalue weighted by molar-refractivity contribution is 0.202. The molecule has 1 aromatic heterocycles. The van der Waals surface area contributed by atoms with Crippen molar-refractivity contribution in [3.05, 3.63) is 35.6 Å². The van der Waals surface area contributed by atoms with Crippen LogP contribution in [0.3, 0.4) is 0 Å². The van der Waals surface area contributed by atoms with Crippen LogP contribution in [0.2, 0.25) is 0 Å². The highest BCUT2D eigenvalue weighted by molar-refractivity contribution is 5.81. The molecule has 2 rings (SSSR count). The summed E-state index contributed by atoms with van der Waals surface area (Å²) in [5, 5.41) is 4.62. The zero-order chi connectivity index (χ0) is 13.0. The van der Waals surface area contributed by atoms with Crippen LogP contribution in [0.4, 0.5) is 0 Å². The second-order valence-electron chi connectivity index (χ2n) is 4.87. The first-order valence-electron chi connectivity index (χ1n) is 6.42. The molecule has 3 heteroatoms. The first-order valence-corrected chi connectivity index (χ1v) is 6.42. The van der Waals surface area contributed by atoms with E-state index >= 15 is 0 Å². The van der Waals surface area contributed by atoms with Crippen LogP contribution in [0, 0.1) is 0 Å². The van der Waals surface area contributed by atoms with Crippen molar-refractivity contribution < 1.29 is 9.15 Å². The van der Waals surface area contributed by atoms with Crippen LogP contribution in [-0.4, -0.2) is 19.8 Å². The van der Waals surface area contributed by atoms with Crippen molar-refractivity contribution >= 4 is 11.0 Å². The molecule has 98 valence electrons. The van der Waals surface area contributed by atoms with Crippen molar-refractivity contribution in [2.45, 2.75) is 32.9 Å². The number of rotatable bonds is 6. The molecule has 0 aliphatic heterocycles. The van der Waals surface area contributed by atoms with E-state index < -0.39 is 0 Å². The lowest BCUT2D eigenvalue weighted by Crippen LogP contribution is -2.21. The van der Waals surface area contributed by atoms with E-state index in [9.17, 15) is 0 Å². The molecule has 2 aromatic rings. The second kappa shape index (κ2) is 6.03. The number of ether oxygens (including phenoxy) is 1. The number of nitrogens with one attached hydrogen (secondary N) is 1. The average Bonchev–Trinajstić information content (AvgIpc) is 2.76. The highest BCUT2D eigenvalue weighted by Crippen LogP contribution is 2.22. The van der Waals surface area contributed by atoms with E-state index in [1.807, 2.05) is 12.3 Å². The fourth-order valence-electron chi connectivity index (χ4n) is 1.96. The van der Waals surface area contributed by atoms with Gasteiger partial charge in [0.05, 0.1) is 12.9 Å². The molecule has 0 saturated carbocycles. The molecule has 3 nitrogen and oxygen atoms in total. The molecule has 0 radical (unpaired) electrons. The van der Waals surface area contributed by atoms with Gasteiger partial charge in [-0.3, -0.25) is 0 Å². The topological polar surface area (TPSA) is 34.4 Å². The third-order valence-electron chi connectivity index (χ3n) is 3.01. The Morgan fingerprint density at radius 2 is 2.17 bits per heavy atom. The highest BCUT2D eigenvalue weighted by atomic mass is 16.5. The molecular weight excluding hydrogens is 226 g/mol. The second-order valence-corrected chi connectivity index (χ2v) is 4.87. The number of methoxy groups -OCH3 is 1. The Balaban J connectivity index is 2.20. The minimum atomic E-state index is 0.478.